The molecule has 1 heterocycles. The predicted molar refractivity (Wildman–Crippen MR) is 114 cm³/mol. The van der Waals surface area contributed by atoms with Crippen LogP contribution in [-0.2, 0) is 32.5 Å². The molecule has 1 fully saturated rings. The molecule has 0 N–H and O–H groups in total. The molecule has 0 radical (unpaired) electrons. The van der Waals surface area contributed by atoms with E-state index in [-0.39, 0.29) is 13.2 Å². The molecule has 0 unspecified atom stereocenters. The van der Waals surface area contributed by atoms with Gasteiger partial charge in [-0.2, -0.15) is 0 Å². The van der Waals surface area contributed by atoms with Crippen LogP contribution in [0.3, 0.4) is 0 Å². The van der Waals surface area contributed by atoms with Crippen molar-refractivity contribution >= 4 is 35.0 Å². The van der Waals surface area contributed by atoms with Gasteiger partial charge >= 0.3 is 0 Å². The summed E-state index contributed by atoms with van der Waals surface area (Å²) in [5.74, 6) is -0.809. The van der Waals surface area contributed by atoms with Gasteiger partial charge in [0.2, 0.25) is 0 Å². The van der Waals surface area contributed by atoms with E-state index in [0.717, 1.165) is 10.1 Å². The quantitative estimate of drug-likeness (QED) is 0.634. The Balaban J connectivity index is 1.80. The largest absolute Gasteiger partial charge is 0.275 e. The van der Waals surface area contributed by atoms with E-state index in [1.54, 1.807) is 52.0 Å². The summed E-state index contributed by atoms with van der Waals surface area (Å²) < 4.78 is 0. The highest BCUT2D eigenvalue weighted by atomic mass is 35.5. The highest BCUT2D eigenvalue weighted by Crippen LogP contribution is 2.35. The molecule has 3 rings (SSSR count). The van der Waals surface area contributed by atoms with E-state index in [2.05, 4.69) is 0 Å². The van der Waals surface area contributed by atoms with E-state index in [4.69, 9.17) is 32.9 Å². The van der Waals surface area contributed by atoms with E-state index < -0.39 is 22.9 Å². The van der Waals surface area contributed by atoms with Gasteiger partial charge in [-0.15, -0.1) is 0 Å². The van der Waals surface area contributed by atoms with Crippen LogP contribution in [0.4, 0.5) is 0 Å². The zero-order chi connectivity index (χ0) is 22.1. The Labute approximate surface area is 186 Å². The fourth-order valence-corrected chi connectivity index (χ4v) is 3.50. The summed E-state index contributed by atoms with van der Waals surface area (Å²) in [6, 6.07) is 14.3. The van der Waals surface area contributed by atoms with Crippen molar-refractivity contribution < 1.29 is 19.3 Å². The van der Waals surface area contributed by atoms with Gasteiger partial charge in [-0.3, -0.25) is 19.3 Å². The number of nitrogens with zero attached hydrogens (tertiary/aromatic N) is 2. The smallest absolute Gasteiger partial charge is 0.270 e. The first-order valence-electron chi connectivity index (χ1n) is 9.48. The number of piperazine rings is 1. The van der Waals surface area contributed by atoms with Gasteiger partial charge in [0.1, 0.15) is 24.3 Å². The van der Waals surface area contributed by atoms with Crippen molar-refractivity contribution in [1.29, 1.82) is 0 Å². The average Bonchev–Trinajstić information content (AvgIpc) is 2.69. The van der Waals surface area contributed by atoms with Gasteiger partial charge < -0.3 is 0 Å². The Morgan fingerprint density at radius 1 is 0.700 bits per heavy atom. The van der Waals surface area contributed by atoms with Crippen molar-refractivity contribution in [3.8, 4) is 0 Å². The van der Waals surface area contributed by atoms with Crippen LogP contribution in [0.15, 0.2) is 48.5 Å². The molecule has 0 aliphatic carbocycles. The van der Waals surface area contributed by atoms with E-state index in [9.17, 15) is 9.59 Å². The third-order valence-corrected chi connectivity index (χ3v) is 5.78. The first-order valence-corrected chi connectivity index (χ1v) is 10.2. The van der Waals surface area contributed by atoms with Gasteiger partial charge in [0.05, 0.1) is 0 Å². The maximum absolute atomic E-state index is 13.3. The minimum atomic E-state index is -1.28. The predicted octanol–water partition coefficient (Wildman–Crippen LogP) is 4.78. The summed E-state index contributed by atoms with van der Waals surface area (Å²) in [6.07, 6.45) is 0. The topological polar surface area (TPSA) is 59.1 Å². The molecule has 1 aliphatic rings. The third kappa shape index (κ3) is 4.18. The van der Waals surface area contributed by atoms with Crippen LogP contribution >= 0.6 is 23.2 Å². The van der Waals surface area contributed by atoms with Gasteiger partial charge in [0.15, 0.2) is 0 Å². The molecule has 2 aromatic rings. The molecule has 0 saturated carbocycles. The van der Waals surface area contributed by atoms with Crippen LogP contribution in [0.2, 0.25) is 10.0 Å². The lowest BCUT2D eigenvalue weighted by molar-refractivity contribution is -0.286. The third-order valence-electron chi connectivity index (χ3n) is 5.05. The summed E-state index contributed by atoms with van der Waals surface area (Å²) in [4.78, 5) is 38.1. The SMILES string of the molecule is CC1(C)C(=O)N(OCc2ccccc2Cl)C(C)(C)C(=O)N1OCc1ccccc1Cl. The molecule has 160 valence electrons. The van der Waals surface area contributed by atoms with E-state index >= 15 is 0 Å². The minimum Gasteiger partial charge on any atom is -0.270 e. The summed E-state index contributed by atoms with van der Waals surface area (Å²) in [7, 11) is 0. The second kappa shape index (κ2) is 8.55. The van der Waals surface area contributed by atoms with Gasteiger partial charge in [0, 0.05) is 10.0 Å². The average molecular weight is 451 g/mol. The van der Waals surface area contributed by atoms with Crippen LogP contribution < -0.4 is 0 Å². The second-order valence-corrected chi connectivity index (χ2v) is 8.86. The standard InChI is InChI=1S/C22H24Cl2N2O4/c1-21(2)19(27)26(30-14-16-10-6-8-12-18(16)24)22(3,4)20(28)25(21)29-13-15-9-5-7-11-17(15)23/h5-12H,13-14H2,1-4H3. The molecule has 0 aromatic heterocycles. The Morgan fingerprint density at radius 2 is 1.03 bits per heavy atom. The number of halogens is 2. The van der Waals surface area contributed by atoms with Crippen LogP contribution in [0.25, 0.3) is 0 Å². The highest BCUT2D eigenvalue weighted by Gasteiger charge is 2.57. The number of hydrogen-bond donors (Lipinski definition) is 0. The van der Waals surface area contributed by atoms with Gasteiger partial charge in [-0.25, -0.2) is 10.1 Å². The molecule has 1 saturated heterocycles. The van der Waals surface area contributed by atoms with Crippen LogP contribution in [0.5, 0.6) is 0 Å². The molecule has 2 aromatic carbocycles. The van der Waals surface area contributed by atoms with E-state index in [1.807, 2.05) is 24.3 Å². The van der Waals surface area contributed by atoms with Crippen molar-refractivity contribution in [2.75, 3.05) is 0 Å². The lowest BCUT2D eigenvalue weighted by Crippen LogP contribution is -2.72. The Hall–Kier alpha value is -2.12. The lowest BCUT2D eigenvalue weighted by Gasteiger charge is -2.50. The minimum absolute atomic E-state index is 0.0542. The lowest BCUT2D eigenvalue weighted by atomic mass is 9.91. The van der Waals surface area contributed by atoms with E-state index in [0.29, 0.717) is 21.2 Å². The molecule has 6 nitrogen and oxygen atoms in total. The number of hydrogen-bond acceptors (Lipinski definition) is 4. The zero-order valence-electron chi connectivity index (χ0n) is 17.3. The van der Waals surface area contributed by atoms with Gasteiger partial charge in [0.25, 0.3) is 11.8 Å². The first-order chi connectivity index (χ1) is 14.1. The molecular formula is C22H24Cl2N2O4. The monoisotopic (exact) mass is 450 g/mol. The fourth-order valence-electron chi connectivity index (χ4n) is 3.12. The van der Waals surface area contributed by atoms with Crippen LogP contribution in [-0.4, -0.2) is 33.0 Å². The summed E-state index contributed by atoms with van der Waals surface area (Å²) in [5.41, 5.74) is -1.14. The number of carbonyl (C=O) groups is 2. The van der Waals surface area contributed by atoms with Crippen molar-refractivity contribution in [3.63, 3.8) is 0 Å². The van der Waals surface area contributed by atoms with Crippen LogP contribution in [0.1, 0.15) is 38.8 Å². The molecule has 0 spiro atoms. The summed E-state index contributed by atoms with van der Waals surface area (Å²) in [6.45, 7) is 6.56. The van der Waals surface area contributed by atoms with Gasteiger partial charge in [-0.1, -0.05) is 59.6 Å². The molecule has 8 heteroatoms. The normalized spacial score (nSPS) is 18.1. The maximum atomic E-state index is 13.3. The van der Waals surface area contributed by atoms with Crippen molar-refractivity contribution in [1.82, 2.24) is 10.1 Å². The molecule has 30 heavy (non-hydrogen) atoms. The molecule has 0 bridgehead atoms. The number of amides is 2. The zero-order valence-corrected chi connectivity index (χ0v) is 18.8. The summed E-state index contributed by atoms with van der Waals surface area (Å²) >= 11 is 12.4. The summed E-state index contributed by atoms with van der Waals surface area (Å²) in [5, 5.41) is 3.28. The molecule has 2 amide bonds. The second-order valence-electron chi connectivity index (χ2n) is 8.05. The maximum Gasteiger partial charge on any atom is 0.275 e. The molecular weight excluding hydrogens is 427 g/mol. The van der Waals surface area contributed by atoms with Crippen molar-refractivity contribution in [2.45, 2.75) is 52.0 Å². The Kier molecular flexibility index (Phi) is 6.43. The highest BCUT2D eigenvalue weighted by molar-refractivity contribution is 6.31. The first kappa shape index (κ1) is 22.6. The number of carbonyl (C=O) groups excluding carboxylic acids is 2. The molecule has 0 atom stereocenters. The number of rotatable bonds is 6. The molecule has 1 aliphatic heterocycles. The Bertz CT molecular complexity index is 884. The van der Waals surface area contributed by atoms with E-state index in [1.165, 1.54) is 0 Å². The van der Waals surface area contributed by atoms with Gasteiger partial charge in [-0.05, 0) is 51.0 Å². The van der Waals surface area contributed by atoms with Crippen molar-refractivity contribution in [3.05, 3.63) is 69.7 Å². The number of hydroxylamine groups is 4. The Morgan fingerprint density at radius 3 is 1.37 bits per heavy atom. The van der Waals surface area contributed by atoms with Crippen molar-refractivity contribution in [2.24, 2.45) is 0 Å². The van der Waals surface area contributed by atoms with Crippen LogP contribution in [0, 0.1) is 0 Å². The number of benzene rings is 2. The fraction of sp³-hybridized carbons (Fsp3) is 0.364.